The maximum atomic E-state index is 12.2. The second kappa shape index (κ2) is 6.49. The van der Waals surface area contributed by atoms with E-state index < -0.39 is 28.1 Å². The summed E-state index contributed by atoms with van der Waals surface area (Å²) >= 11 is 8.92. The van der Waals surface area contributed by atoms with Crippen molar-refractivity contribution >= 4 is 43.5 Å². The summed E-state index contributed by atoms with van der Waals surface area (Å²) in [5.74, 6) is -1.54. The summed E-state index contributed by atoms with van der Waals surface area (Å²) in [6.45, 7) is 0.265. The van der Waals surface area contributed by atoms with Crippen LogP contribution in [0.25, 0.3) is 0 Å². The predicted molar refractivity (Wildman–Crippen MR) is 79.2 cm³/mol. The predicted octanol–water partition coefficient (Wildman–Crippen LogP) is 1.22. The van der Waals surface area contributed by atoms with Gasteiger partial charge in [0.15, 0.2) is 11.4 Å². The number of benzene rings is 1. The lowest BCUT2D eigenvalue weighted by molar-refractivity contribution is -0.155. The largest absolute Gasteiger partial charge is 0.494 e. The Labute approximate surface area is 135 Å². The number of halogens is 2. The van der Waals surface area contributed by atoms with Crippen LogP contribution in [0.4, 0.5) is 0 Å². The van der Waals surface area contributed by atoms with Gasteiger partial charge < -0.3 is 14.9 Å². The molecule has 0 fully saturated rings. The fraction of sp³-hybridized carbons (Fsp3) is 0.364. The first kappa shape index (κ1) is 18.2. The van der Waals surface area contributed by atoms with Crippen molar-refractivity contribution in [2.24, 2.45) is 0 Å². The fourth-order valence-corrected chi connectivity index (χ4v) is 3.84. The highest BCUT2D eigenvalue weighted by atomic mass is 79.9. The van der Waals surface area contributed by atoms with Crippen LogP contribution in [0.2, 0.25) is 5.02 Å². The number of aliphatic hydroxyl groups is 1. The van der Waals surface area contributed by atoms with E-state index in [9.17, 15) is 18.3 Å². The number of carboxylic acid groups (broad SMARTS) is 1. The van der Waals surface area contributed by atoms with Gasteiger partial charge in [-0.2, -0.15) is 0 Å². The van der Waals surface area contributed by atoms with E-state index in [2.05, 4.69) is 15.9 Å². The van der Waals surface area contributed by atoms with Crippen molar-refractivity contribution in [3.63, 3.8) is 0 Å². The van der Waals surface area contributed by atoms with E-state index in [0.717, 1.165) is 13.0 Å². The van der Waals surface area contributed by atoms with E-state index >= 15 is 0 Å². The Morgan fingerprint density at radius 1 is 1.52 bits per heavy atom. The lowest BCUT2D eigenvalue weighted by Gasteiger charge is -2.19. The minimum Gasteiger partial charge on any atom is -0.494 e. The highest BCUT2D eigenvalue weighted by molar-refractivity contribution is 9.10. The smallest absolute Gasteiger partial charge is 0.336 e. The molecule has 0 bridgehead atoms. The molecule has 21 heavy (non-hydrogen) atoms. The number of hydrogen-bond acceptors (Lipinski definition) is 5. The van der Waals surface area contributed by atoms with E-state index in [4.69, 9.17) is 21.4 Å². The first-order valence-corrected chi connectivity index (χ1v) is 8.15. The summed E-state index contributed by atoms with van der Waals surface area (Å²) in [5, 5.41) is 18.5. The molecule has 1 unspecified atom stereocenters. The number of methoxy groups -OCH3 is 1. The summed E-state index contributed by atoms with van der Waals surface area (Å²) in [5.41, 5.74) is -2.24. The second-order valence-corrected chi connectivity index (χ2v) is 7.35. The molecule has 1 rings (SSSR count). The van der Waals surface area contributed by atoms with Gasteiger partial charge in [0.1, 0.15) is 4.90 Å². The molecule has 0 saturated carbocycles. The topological polar surface area (TPSA) is 113 Å². The minimum absolute atomic E-state index is 0.0156. The number of hydrogen-bond donors (Lipinski definition) is 3. The quantitative estimate of drug-likeness (QED) is 0.659. The Balaban J connectivity index is 3.18. The molecule has 0 aliphatic rings. The molecule has 7 nitrogen and oxygen atoms in total. The van der Waals surface area contributed by atoms with Gasteiger partial charge in [-0.05, 0) is 35.0 Å². The van der Waals surface area contributed by atoms with Crippen LogP contribution in [0.1, 0.15) is 6.92 Å². The third kappa shape index (κ3) is 4.30. The van der Waals surface area contributed by atoms with Crippen LogP contribution in [0, 0.1) is 0 Å². The number of nitrogens with one attached hydrogen (secondary N) is 1. The molecular formula is C11H13BrClNO6S. The van der Waals surface area contributed by atoms with Crippen LogP contribution >= 0.6 is 27.5 Å². The van der Waals surface area contributed by atoms with Gasteiger partial charge in [-0.1, -0.05) is 11.6 Å². The molecule has 3 N–H and O–H groups in total. The summed E-state index contributed by atoms with van der Waals surface area (Å²) in [6.07, 6.45) is 0. The zero-order valence-corrected chi connectivity index (χ0v) is 14.2. The number of sulfonamides is 1. The third-order valence-corrected chi connectivity index (χ3v) is 4.75. The molecule has 0 spiro atoms. The number of carboxylic acids is 1. The van der Waals surface area contributed by atoms with Crippen molar-refractivity contribution in [2.45, 2.75) is 17.4 Å². The lowest BCUT2D eigenvalue weighted by atomic mass is 10.1. The average molecular weight is 403 g/mol. The number of aliphatic carboxylic acids is 1. The molecule has 10 heteroatoms. The van der Waals surface area contributed by atoms with E-state index in [1.807, 2.05) is 4.72 Å². The Hall–Kier alpha value is -0.870. The molecule has 0 aliphatic carbocycles. The van der Waals surface area contributed by atoms with E-state index in [0.29, 0.717) is 4.47 Å². The van der Waals surface area contributed by atoms with Crippen molar-refractivity contribution < 1.29 is 28.2 Å². The average Bonchev–Trinajstić information content (AvgIpc) is 2.35. The van der Waals surface area contributed by atoms with Crippen molar-refractivity contribution in [1.29, 1.82) is 0 Å². The van der Waals surface area contributed by atoms with E-state index in [1.54, 1.807) is 0 Å². The zero-order chi connectivity index (χ0) is 16.4. The molecule has 1 aromatic carbocycles. The number of ether oxygens (including phenoxy) is 1. The maximum Gasteiger partial charge on any atom is 0.336 e. The second-order valence-electron chi connectivity index (χ2n) is 4.32. The van der Waals surface area contributed by atoms with Gasteiger partial charge in [0.05, 0.1) is 18.1 Å². The van der Waals surface area contributed by atoms with Gasteiger partial charge in [-0.15, -0.1) is 0 Å². The summed E-state index contributed by atoms with van der Waals surface area (Å²) in [6, 6.07) is 2.61. The minimum atomic E-state index is -4.13. The Bertz CT molecular complexity index is 661. The van der Waals surface area contributed by atoms with Gasteiger partial charge in [-0.25, -0.2) is 17.9 Å². The SMILES string of the molecule is COc1c(Br)cc(Cl)cc1S(=O)(=O)NCC(C)(O)C(=O)O. The van der Waals surface area contributed by atoms with Crippen LogP contribution in [0.3, 0.4) is 0 Å². The number of rotatable bonds is 6. The van der Waals surface area contributed by atoms with Gasteiger partial charge >= 0.3 is 5.97 Å². The number of carbonyl (C=O) groups is 1. The molecular weight excluding hydrogens is 390 g/mol. The molecule has 0 aliphatic heterocycles. The molecule has 118 valence electrons. The molecule has 1 aromatic rings. The van der Waals surface area contributed by atoms with E-state index in [1.165, 1.54) is 13.2 Å². The van der Waals surface area contributed by atoms with Gasteiger partial charge in [-0.3, -0.25) is 0 Å². The zero-order valence-electron chi connectivity index (χ0n) is 11.1. The van der Waals surface area contributed by atoms with Crippen LogP contribution < -0.4 is 9.46 Å². The molecule has 0 saturated heterocycles. The summed E-state index contributed by atoms with van der Waals surface area (Å²) in [7, 11) is -2.85. The molecule has 1 atom stereocenters. The normalized spacial score (nSPS) is 14.5. The Morgan fingerprint density at radius 3 is 2.57 bits per heavy atom. The summed E-state index contributed by atoms with van der Waals surface area (Å²) < 4.78 is 31.7. The Kier molecular flexibility index (Phi) is 5.62. The Morgan fingerprint density at radius 2 is 2.10 bits per heavy atom. The highest BCUT2D eigenvalue weighted by Crippen LogP contribution is 2.35. The van der Waals surface area contributed by atoms with Gasteiger partial charge in [0, 0.05) is 5.02 Å². The van der Waals surface area contributed by atoms with Crippen LogP contribution in [-0.4, -0.2) is 43.9 Å². The van der Waals surface area contributed by atoms with Crippen LogP contribution in [0.5, 0.6) is 5.75 Å². The molecule has 0 heterocycles. The van der Waals surface area contributed by atoms with Crippen molar-refractivity contribution in [2.75, 3.05) is 13.7 Å². The van der Waals surface area contributed by atoms with Crippen LogP contribution in [-0.2, 0) is 14.8 Å². The lowest BCUT2D eigenvalue weighted by Crippen LogP contribution is -2.46. The van der Waals surface area contributed by atoms with E-state index in [-0.39, 0.29) is 15.7 Å². The highest BCUT2D eigenvalue weighted by Gasteiger charge is 2.33. The molecule has 0 radical (unpaired) electrons. The van der Waals surface area contributed by atoms with Gasteiger partial charge in [0.2, 0.25) is 10.0 Å². The summed E-state index contributed by atoms with van der Waals surface area (Å²) in [4.78, 5) is 10.5. The first-order chi connectivity index (χ1) is 9.51. The molecule has 0 aromatic heterocycles. The van der Waals surface area contributed by atoms with Crippen LogP contribution in [0.15, 0.2) is 21.5 Å². The van der Waals surface area contributed by atoms with Gasteiger partial charge in [0.25, 0.3) is 0 Å². The fourth-order valence-electron chi connectivity index (χ4n) is 1.32. The molecule has 0 amide bonds. The van der Waals surface area contributed by atoms with Crippen molar-refractivity contribution in [3.8, 4) is 5.75 Å². The maximum absolute atomic E-state index is 12.2. The third-order valence-electron chi connectivity index (χ3n) is 2.54. The van der Waals surface area contributed by atoms with Crippen molar-refractivity contribution in [3.05, 3.63) is 21.6 Å². The van der Waals surface area contributed by atoms with Crippen molar-refractivity contribution in [1.82, 2.24) is 4.72 Å². The standard InChI is InChI=1S/C11H13BrClNO6S/c1-11(17,10(15)16)5-14-21(18,19)8-4-6(13)3-7(12)9(8)20-2/h3-4,14,17H,5H2,1-2H3,(H,15,16). The first-order valence-electron chi connectivity index (χ1n) is 5.50. The monoisotopic (exact) mass is 401 g/mol.